The molecule has 96 valence electrons. The molecule has 0 aromatic heterocycles. The molecule has 0 rings (SSSR count). The minimum atomic E-state index is -0.927. The Kier molecular flexibility index (Phi) is 6.55. The normalized spacial score (nSPS) is 16.9. The smallest absolute Gasteiger partial charge is 0.220 e. The first-order chi connectivity index (χ1) is 7.23. The van der Waals surface area contributed by atoms with E-state index in [2.05, 4.69) is 5.32 Å². The lowest BCUT2D eigenvalue weighted by atomic mass is 10.1. The zero-order valence-electron chi connectivity index (χ0n) is 10.7. The molecule has 0 bridgehead atoms. The molecule has 1 amide bonds. The van der Waals surface area contributed by atoms with Gasteiger partial charge in [0, 0.05) is 19.5 Å². The minimum absolute atomic E-state index is 0.139. The Morgan fingerprint density at radius 1 is 1.50 bits per heavy atom. The number of hydrogen-bond acceptors (Lipinski definition) is 4. The summed E-state index contributed by atoms with van der Waals surface area (Å²) in [5, 5.41) is 21.6. The summed E-state index contributed by atoms with van der Waals surface area (Å²) >= 11 is 0. The van der Waals surface area contributed by atoms with Crippen LogP contribution in [0.4, 0.5) is 0 Å². The number of amides is 1. The van der Waals surface area contributed by atoms with Crippen molar-refractivity contribution in [2.75, 3.05) is 27.2 Å². The van der Waals surface area contributed by atoms with Crippen LogP contribution in [0.2, 0.25) is 0 Å². The van der Waals surface area contributed by atoms with Gasteiger partial charge in [-0.2, -0.15) is 0 Å². The largest absolute Gasteiger partial charge is 0.393 e. The average Bonchev–Trinajstić information content (AvgIpc) is 2.09. The molecular formula is C11H24N2O3. The van der Waals surface area contributed by atoms with Crippen LogP contribution >= 0.6 is 0 Å². The maximum atomic E-state index is 11.3. The summed E-state index contributed by atoms with van der Waals surface area (Å²) in [7, 11) is 3.73. The van der Waals surface area contributed by atoms with E-state index in [9.17, 15) is 9.90 Å². The van der Waals surface area contributed by atoms with Crippen LogP contribution in [0.3, 0.4) is 0 Å². The molecule has 2 atom stereocenters. The van der Waals surface area contributed by atoms with Gasteiger partial charge in [0.1, 0.15) is 0 Å². The highest BCUT2D eigenvalue weighted by molar-refractivity contribution is 5.75. The van der Waals surface area contributed by atoms with Crippen LogP contribution in [0.1, 0.15) is 26.7 Å². The third kappa shape index (κ3) is 8.64. The molecule has 2 unspecified atom stereocenters. The van der Waals surface area contributed by atoms with Crippen molar-refractivity contribution in [3.63, 3.8) is 0 Å². The Hall–Kier alpha value is -0.650. The first-order valence-electron chi connectivity index (χ1n) is 5.55. The van der Waals surface area contributed by atoms with Crippen molar-refractivity contribution in [1.82, 2.24) is 10.2 Å². The summed E-state index contributed by atoms with van der Waals surface area (Å²) in [6, 6.07) is 0. The van der Waals surface area contributed by atoms with Crippen molar-refractivity contribution in [3.8, 4) is 0 Å². The standard InChI is InChI=1S/C11H24N2O3/c1-9(14)5-6-10(15)12-7-11(2,16)8-13(3)4/h9,14,16H,5-8H2,1-4H3,(H,12,15). The van der Waals surface area contributed by atoms with E-state index in [-0.39, 0.29) is 18.9 Å². The molecule has 0 aliphatic carbocycles. The fourth-order valence-corrected chi connectivity index (χ4v) is 1.45. The van der Waals surface area contributed by atoms with E-state index in [1.807, 2.05) is 19.0 Å². The summed E-state index contributed by atoms with van der Waals surface area (Å²) in [6.45, 7) is 4.05. The fraction of sp³-hybridized carbons (Fsp3) is 0.909. The molecule has 0 aromatic rings. The Labute approximate surface area is 97.4 Å². The summed E-state index contributed by atoms with van der Waals surface area (Å²) in [6.07, 6.45) is 0.269. The van der Waals surface area contributed by atoms with Gasteiger partial charge in [0.25, 0.3) is 0 Å². The zero-order valence-corrected chi connectivity index (χ0v) is 10.7. The zero-order chi connectivity index (χ0) is 12.8. The van der Waals surface area contributed by atoms with Crippen molar-refractivity contribution < 1.29 is 15.0 Å². The molecule has 0 saturated carbocycles. The number of likely N-dealkylation sites (N-methyl/N-ethyl adjacent to an activating group) is 1. The molecule has 0 aromatic carbocycles. The van der Waals surface area contributed by atoms with Gasteiger partial charge in [-0.1, -0.05) is 0 Å². The Balaban J connectivity index is 3.81. The fourth-order valence-electron chi connectivity index (χ4n) is 1.45. The van der Waals surface area contributed by atoms with Crippen molar-refractivity contribution in [1.29, 1.82) is 0 Å². The van der Waals surface area contributed by atoms with Crippen molar-refractivity contribution >= 4 is 5.91 Å². The van der Waals surface area contributed by atoms with E-state index in [1.54, 1.807) is 13.8 Å². The second-order valence-corrected chi connectivity index (χ2v) is 4.90. The predicted octanol–water partition coefficient (Wildman–Crippen LogP) is -0.424. The number of nitrogens with one attached hydrogen (secondary N) is 1. The molecule has 5 heteroatoms. The molecule has 16 heavy (non-hydrogen) atoms. The number of rotatable bonds is 7. The lowest BCUT2D eigenvalue weighted by Crippen LogP contribution is -2.47. The van der Waals surface area contributed by atoms with E-state index >= 15 is 0 Å². The number of aliphatic hydroxyl groups is 2. The lowest BCUT2D eigenvalue weighted by Gasteiger charge is -2.27. The van der Waals surface area contributed by atoms with E-state index in [1.165, 1.54) is 0 Å². The monoisotopic (exact) mass is 232 g/mol. The summed E-state index contributed by atoms with van der Waals surface area (Å²) in [5.41, 5.74) is -0.927. The van der Waals surface area contributed by atoms with Crippen LogP contribution in [0.15, 0.2) is 0 Å². The third-order valence-electron chi connectivity index (χ3n) is 2.11. The number of nitrogens with zero attached hydrogens (tertiary/aromatic N) is 1. The molecule has 0 saturated heterocycles. The summed E-state index contributed by atoms with van der Waals surface area (Å²) < 4.78 is 0. The first-order valence-corrected chi connectivity index (χ1v) is 5.55. The molecule has 0 heterocycles. The van der Waals surface area contributed by atoms with Gasteiger partial charge in [0.15, 0.2) is 0 Å². The highest BCUT2D eigenvalue weighted by Crippen LogP contribution is 2.03. The summed E-state index contributed by atoms with van der Waals surface area (Å²) in [5.74, 6) is -0.139. The maximum absolute atomic E-state index is 11.3. The highest BCUT2D eigenvalue weighted by atomic mass is 16.3. The van der Waals surface area contributed by atoms with E-state index in [4.69, 9.17) is 5.11 Å². The van der Waals surface area contributed by atoms with Crippen LogP contribution in [-0.2, 0) is 4.79 Å². The molecule has 0 aliphatic rings. The van der Waals surface area contributed by atoms with Gasteiger partial charge in [-0.05, 0) is 34.4 Å². The van der Waals surface area contributed by atoms with Gasteiger partial charge in [0.2, 0.25) is 5.91 Å². The number of carbonyl (C=O) groups is 1. The van der Waals surface area contributed by atoms with Crippen LogP contribution in [-0.4, -0.2) is 59.9 Å². The van der Waals surface area contributed by atoms with Crippen LogP contribution < -0.4 is 5.32 Å². The Bertz CT molecular complexity index is 215. The second-order valence-electron chi connectivity index (χ2n) is 4.90. The summed E-state index contributed by atoms with van der Waals surface area (Å²) in [4.78, 5) is 13.2. The Morgan fingerprint density at radius 3 is 2.50 bits per heavy atom. The van der Waals surface area contributed by atoms with Crippen molar-refractivity contribution in [3.05, 3.63) is 0 Å². The van der Waals surface area contributed by atoms with E-state index in [0.29, 0.717) is 13.0 Å². The van der Waals surface area contributed by atoms with Crippen molar-refractivity contribution in [2.24, 2.45) is 0 Å². The van der Waals surface area contributed by atoms with E-state index < -0.39 is 11.7 Å². The van der Waals surface area contributed by atoms with Crippen LogP contribution in [0.25, 0.3) is 0 Å². The third-order valence-corrected chi connectivity index (χ3v) is 2.11. The van der Waals surface area contributed by atoms with Gasteiger partial charge in [-0.3, -0.25) is 4.79 Å². The van der Waals surface area contributed by atoms with Crippen LogP contribution in [0.5, 0.6) is 0 Å². The highest BCUT2D eigenvalue weighted by Gasteiger charge is 2.21. The molecular weight excluding hydrogens is 208 g/mol. The van der Waals surface area contributed by atoms with E-state index in [0.717, 1.165) is 0 Å². The molecule has 0 spiro atoms. The van der Waals surface area contributed by atoms with Gasteiger partial charge in [0.05, 0.1) is 11.7 Å². The molecule has 0 aliphatic heterocycles. The molecule has 5 nitrogen and oxygen atoms in total. The second kappa shape index (κ2) is 6.83. The van der Waals surface area contributed by atoms with Crippen LogP contribution in [0, 0.1) is 0 Å². The van der Waals surface area contributed by atoms with Gasteiger partial charge in [-0.15, -0.1) is 0 Å². The quantitative estimate of drug-likeness (QED) is 0.557. The van der Waals surface area contributed by atoms with Gasteiger partial charge < -0.3 is 20.4 Å². The first kappa shape index (κ1) is 15.3. The number of aliphatic hydroxyl groups excluding tert-OH is 1. The maximum Gasteiger partial charge on any atom is 0.220 e. The van der Waals surface area contributed by atoms with Gasteiger partial charge in [-0.25, -0.2) is 0 Å². The van der Waals surface area contributed by atoms with Gasteiger partial charge >= 0.3 is 0 Å². The average molecular weight is 232 g/mol. The molecule has 0 radical (unpaired) electrons. The SMILES string of the molecule is CC(O)CCC(=O)NCC(C)(O)CN(C)C. The lowest BCUT2D eigenvalue weighted by molar-refractivity contribution is -0.122. The van der Waals surface area contributed by atoms with Crippen molar-refractivity contribution in [2.45, 2.75) is 38.4 Å². The molecule has 0 fully saturated rings. The topological polar surface area (TPSA) is 72.8 Å². The molecule has 3 N–H and O–H groups in total. The predicted molar refractivity (Wildman–Crippen MR) is 63.1 cm³/mol. The number of hydrogen-bond donors (Lipinski definition) is 3. The number of carbonyl (C=O) groups excluding carboxylic acids is 1. The Morgan fingerprint density at radius 2 is 2.06 bits per heavy atom. The minimum Gasteiger partial charge on any atom is -0.393 e.